The molecule has 2 heterocycles. The first-order chi connectivity index (χ1) is 8.31. The van der Waals surface area contributed by atoms with E-state index in [4.69, 9.17) is 0 Å². The Morgan fingerprint density at radius 2 is 2.47 bits per heavy atom. The van der Waals surface area contributed by atoms with Crippen LogP contribution in [0.25, 0.3) is 0 Å². The monoisotopic (exact) mass is 252 g/mol. The minimum atomic E-state index is 0.729. The zero-order chi connectivity index (χ0) is 12.1. The first-order valence-corrected chi connectivity index (χ1v) is 7.71. The van der Waals surface area contributed by atoms with Gasteiger partial charge in [0.2, 0.25) is 0 Å². The zero-order valence-electron chi connectivity index (χ0n) is 11.0. The van der Waals surface area contributed by atoms with Crippen LogP contribution in [0.15, 0.2) is 16.8 Å². The van der Waals surface area contributed by atoms with Crippen molar-refractivity contribution in [3.8, 4) is 0 Å². The highest BCUT2D eigenvalue weighted by Gasteiger charge is 2.25. The highest BCUT2D eigenvalue weighted by molar-refractivity contribution is 7.07. The minimum absolute atomic E-state index is 0.729. The van der Waals surface area contributed by atoms with Gasteiger partial charge >= 0.3 is 0 Å². The highest BCUT2D eigenvalue weighted by Crippen LogP contribution is 2.17. The van der Waals surface area contributed by atoms with Gasteiger partial charge in [0.05, 0.1) is 0 Å². The Hall–Kier alpha value is -0.380. The summed E-state index contributed by atoms with van der Waals surface area (Å²) in [4.78, 5) is 2.68. The molecule has 1 aromatic rings. The van der Waals surface area contributed by atoms with Gasteiger partial charge in [-0.15, -0.1) is 0 Å². The van der Waals surface area contributed by atoms with E-state index in [-0.39, 0.29) is 0 Å². The van der Waals surface area contributed by atoms with Crippen molar-refractivity contribution < 1.29 is 0 Å². The van der Waals surface area contributed by atoms with Crippen molar-refractivity contribution >= 4 is 11.3 Å². The van der Waals surface area contributed by atoms with Crippen molar-refractivity contribution in [3.05, 3.63) is 22.4 Å². The molecule has 17 heavy (non-hydrogen) atoms. The van der Waals surface area contributed by atoms with Crippen molar-refractivity contribution in [3.63, 3.8) is 0 Å². The van der Waals surface area contributed by atoms with Gasteiger partial charge < -0.3 is 5.32 Å². The van der Waals surface area contributed by atoms with Crippen LogP contribution in [0.5, 0.6) is 0 Å². The maximum Gasteiger partial charge on any atom is 0.0246 e. The molecule has 1 aliphatic rings. The summed E-state index contributed by atoms with van der Waals surface area (Å²) in [6.07, 6.45) is 2.48. The van der Waals surface area contributed by atoms with Crippen LogP contribution in [-0.2, 0) is 6.42 Å². The smallest absolute Gasteiger partial charge is 0.0246 e. The van der Waals surface area contributed by atoms with Gasteiger partial charge in [-0.3, -0.25) is 4.90 Å². The lowest BCUT2D eigenvalue weighted by Gasteiger charge is -2.39. The Bertz CT molecular complexity index is 310. The van der Waals surface area contributed by atoms with Crippen LogP contribution in [0.2, 0.25) is 0 Å². The lowest BCUT2D eigenvalue weighted by Crippen LogP contribution is -2.54. The molecule has 0 spiro atoms. The molecule has 3 heteroatoms. The normalized spacial score (nSPS) is 23.8. The van der Waals surface area contributed by atoms with Crippen LogP contribution >= 0.6 is 11.3 Å². The minimum Gasteiger partial charge on any atom is -0.314 e. The summed E-state index contributed by atoms with van der Waals surface area (Å²) in [7, 11) is 0. The average Bonchev–Trinajstić information content (AvgIpc) is 2.89. The molecule has 1 aliphatic heterocycles. The second-order valence-electron chi connectivity index (χ2n) is 5.07. The van der Waals surface area contributed by atoms with Gasteiger partial charge in [-0.1, -0.05) is 20.3 Å². The standard InChI is InChI=1S/C14H24N2S/c1-3-12(2)14-10-15-6-8-16(14)7-4-13-5-9-17-11-13/h5,9,11-12,14-15H,3-4,6-8,10H2,1-2H3. The van der Waals surface area contributed by atoms with E-state index in [1.807, 2.05) is 0 Å². The molecule has 0 bridgehead atoms. The lowest BCUT2D eigenvalue weighted by atomic mass is 9.95. The average molecular weight is 252 g/mol. The third kappa shape index (κ3) is 3.54. The molecule has 96 valence electrons. The highest BCUT2D eigenvalue weighted by atomic mass is 32.1. The van der Waals surface area contributed by atoms with Gasteiger partial charge in [0.25, 0.3) is 0 Å². The van der Waals surface area contributed by atoms with E-state index in [0.29, 0.717) is 0 Å². The number of thiophene rings is 1. The van der Waals surface area contributed by atoms with E-state index in [2.05, 4.69) is 40.9 Å². The lowest BCUT2D eigenvalue weighted by molar-refractivity contribution is 0.118. The molecular formula is C14H24N2S. The number of nitrogens with one attached hydrogen (secondary N) is 1. The van der Waals surface area contributed by atoms with Crippen molar-refractivity contribution in [2.45, 2.75) is 32.7 Å². The number of rotatable bonds is 5. The van der Waals surface area contributed by atoms with Crippen molar-refractivity contribution in [1.29, 1.82) is 0 Å². The summed E-state index contributed by atoms with van der Waals surface area (Å²) in [6.45, 7) is 9.42. The largest absolute Gasteiger partial charge is 0.314 e. The molecule has 2 rings (SSSR count). The third-order valence-corrected chi connectivity index (χ3v) is 4.70. The molecule has 0 aliphatic carbocycles. The third-order valence-electron chi connectivity index (χ3n) is 3.97. The molecule has 0 radical (unpaired) electrons. The van der Waals surface area contributed by atoms with Crippen LogP contribution in [0, 0.1) is 5.92 Å². The quantitative estimate of drug-likeness (QED) is 0.866. The first-order valence-electron chi connectivity index (χ1n) is 6.77. The van der Waals surface area contributed by atoms with Gasteiger partial charge in [-0.05, 0) is 34.7 Å². The summed E-state index contributed by atoms with van der Waals surface area (Å²) in [5, 5.41) is 7.99. The molecule has 2 unspecified atom stereocenters. The van der Waals surface area contributed by atoms with Crippen LogP contribution < -0.4 is 5.32 Å². The molecule has 2 nitrogen and oxygen atoms in total. The summed E-state index contributed by atoms with van der Waals surface area (Å²) >= 11 is 1.81. The van der Waals surface area contributed by atoms with Crippen LogP contribution in [0.3, 0.4) is 0 Å². The first kappa shape index (κ1) is 13.1. The van der Waals surface area contributed by atoms with Gasteiger partial charge in [-0.25, -0.2) is 0 Å². The van der Waals surface area contributed by atoms with E-state index >= 15 is 0 Å². The maximum atomic E-state index is 3.53. The van der Waals surface area contributed by atoms with Crippen molar-refractivity contribution in [1.82, 2.24) is 10.2 Å². The second kappa shape index (κ2) is 6.53. The Kier molecular flexibility index (Phi) is 5.01. The Labute approximate surface area is 109 Å². The summed E-state index contributed by atoms with van der Waals surface area (Å²) < 4.78 is 0. The van der Waals surface area contributed by atoms with Crippen LogP contribution in [0.4, 0.5) is 0 Å². The van der Waals surface area contributed by atoms with E-state index in [1.165, 1.54) is 38.0 Å². The van der Waals surface area contributed by atoms with Crippen molar-refractivity contribution in [2.24, 2.45) is 5.92 Å². The fourth-order valence-corrected chi connectivity index (χ4v) is 3.29. The van der Waals surface area contributed by atoms with E-state index < -0.39 is 0 Å². The van der Waals surface area contributed by atoms with Gasteiger partial charge in [0.1, 0.15) is 0 Å². The second-order valence-corrected chi connectivity index (χ2v) is 5.85. The van der Waals surface area contributed by atoms with E-state index in [9.17, 15) is 0 Å². The van der Waals surface area contributed by atoms with Gasteiger partial charge in [0.15, 0.2) is 0 Å². The Morgan fingerprint density at radius 1 is 1.59 bits per heavy atom. The number of hydrogen-bond acceptors (Lipinski definition) is 3. The molecule has 0 saturated carbocycles. The van der Waals surface area contributed by atoms with E-state index in [1.54, 1.807) is 11.3 Å². The predicted octanol–water partition coefficient (Wildman–Crippen LogP) is 2.61. The zero-order valence-corrected chi connectivity index (χ0v) is 11.8. The van der Waals surface area contributed by atoms with E-state index in [0.717, 1.165) is 18.5 Å². The summed E-state index contributed by atoms with van der Waals surface area (Å²) in [6, 6.07) is 2.98. The molecule has 0 aromatic carbocycles. The molecular weight excluding hydrogens is 228 g/mol. The number of hydrogen-bond donors (Lipinski definition) is 1. The van der Waals surface area contributed by atoms with Crippen LogP contribution in [-0.4, -0.2) is 37.1 Å². The summed E-state index contributed by atoms with van der Waals surface area (Å²) in [5.74, 6) is 0.797. The Balaban J connectivity index is 1.87. The fraction of sp³-hybridized carbons (Fsp3) is 0.714. The Morgan fingerprint density at radius 3 is 3.18 bits per heavy atom. The summed E-state index contributed by atoms with van der Waals surface area (Å²) in [5.41, 5.74) is 1.50. The SMILES string of the molecule is CCC(C)C1CNCCN1CCc1ccsc1. The van der Waals surface area contributed by atoms with Crippen LogP contribution in [0.1, 0.15) is 25.8 Å². The predicted molar refractivity (Wildman–Crippen MR) is 75.7 cm³/mol. The molecule has 1 N–H and O–H groups in total. The molecule has 2 atom stereocenters. The molecule has 1 fully saturated rings. The number of nitrogens with zero attached hydrogens (tertiary/aromatic N) is 1. The van der Waals surface area contributed by atoms with Gasteiger partial charge in [0, 0.05) is 32.2 Å². The van der Waals surface area contributed by atoms with Crippen molar-refractivity contribution in [2.75, 3.05) is 26.2 Å². The molecule has 1 saturated heterocycles. The molecule has 0 amide bonds. The fourth-order valence-electron chi connectivity index (χ4n) is 2.59. The topological polar surface area (TPSA) is 15.3 Å². The maximum absolute atomic E-state index is 3.53. The number of piperazine rings is 1. The molecule has 1 aromatic heterocycles. The van der Waals surface area contributed by atoms with Gasteiger partial charge in [-0.2, -0.15) is 11.3 Å².